The zero-order chi connectivity index (χ0) is 5.70. The predicted octanol–water partition coefficient (Wildman–Crippen LogP) is 0.278. The Bertz CT molecular complexity index is 66.1. The van der Waals surface area contributed by atoms with Gasteiger partial charge in [-0.1, -0.05) is 11.6 Å². The van der Waals surface area contributed by atoms with E-state index in [0.717, 1.165) is 0 Å². The van der Waals surface area contributed by atoms with E-state index in [1.165, 1.54) is 5.54 Å². The lowest BCUT2D eigenvalue weighted by molar-refractivity contribution is 0.324. The second-order valence-corrected chi connectivity index (χ2v) is 1.26. The van der Waals surface area contributed by atoms with Gasteiger partial charge in [-0.15, -0.1) is 0 Å². The molecule has 0 saturated heterocycles. The van der Waals surface area contributed by atoms with Gasteiger partial charge in [0, 0.05) is 18.3 Å². The van der Waals surface area contributed by atoms with Gasteiger partial charge in [-0.2, -0.15) is 0 Å². The molecule has 0 aliphatic heterocycles. The van der Waals surface area contributed by atoms with Crippen molar-refractivity contribution in [3.05, 3.63) is 11.2 Å². The van der Waals surface area contributed by atoms with Crippen LogP contribution in [-0.4, -0.2) is 18.8 Å². The van der Waals surface area contributed by atoms with Gasteiger partial charge in [0.15, 0.2) is 0 Å². The molecule has 0 radical (unpaired) electrons. The molecule has 0 atom stereocenters. The zero-order valence-corrected chi connectivity index (χ0v) is 4.87. The summed E-state index contributed by atoms with van der Waals surface area (Å²) in [7, 11) is 1.70. The minimum atomic E-state index is -0.0278. The summed E-state index contributed by atoms with van der Waals surface area (Å²) in [5.41, 5.74) is 1.93. The Labute approximate surface area is 47.8 Å². The van der Waals surface area contributed by atoms with Crippen molar-refractivity contribution in [1.82, 2.24) is 5.32 Å². The van der Waals surface area contributed by atoms with Crippen LogP contribution in [-0.2, 0) is 0 Å². The van der Waals surface area contributed by atoms with Gasteiger partial charge >= 0.3 is 0 Å². The maximum atomic E-state index is 8.31. The van der Waals surface area contributed by atoms with Crippen LogP contribution in [0.1, 0.15) is 0 Å². The minimum absolute atomic E-state index is 0.0278. The van der Waals surface area contributed by atoms with Gasteiger partial charge in [0.2, 0.25) is 0 Å². The number of nitrogens with one attached hydrogen (secondary N) is 1. The third-order valence-electron chi connectivity index (χ3n) is 0.623. The van der Waals surface area contributed by atoms with E-state index in [4.69, 9.17) is 16.7 Å². The molecule has 0 amide bonds. The lowest BCUT2D eigenvalue weighted by Gasteiger charge is -1.96. The Morgan fingerprint density at radius 1 is 2.00 bits per heavy atom. The van der Waals surface area contributed by atoms with Crippen molar-refractivity contribution in [2.75, 3.05) is 13.7 Å². The standard InChI is InChI=1S/C4H8ClNO/c1-6-4(2-5)3-7/h2,6-7H,3H2,1H3/b4-2+. The average molecular weight is 122 g/mol. The first kappa shape index (κ1) is 6.79. The highest BCUT2D eigenvalue weighted by Gasteiger charge is 1.82. The van der Waals surface area contributed by atoms with E-state index in [-0.39, 0.29) is 6.61 Å². The fourth-order valence-corrected chi connectivity index (χ4v) is 0.346. The van der Waals surface area contributed by atoms with Crippen molar-refractivity contribution >= 4 is 11.6 Å². The molecule has 0 heterocycles. The summed E-state index contributed by atoms with van der Waals surface area (Å²) in [6, 6.07) is 0. The van der Waals surface area contributed by atoms with Crippen LogP contribution in [0.25, 0.3) is 0 Å². The van der Waals surface area contributed by atoms with Crippen LogP contribution < -0.4 is 5.32 Å². The molecule has 42 valence electrons. The van der Waals surface area contributed by atoms with Crippen molar-refractivity contribution in [2.24, 2.45) is 0 Å². The molecule has 0 rings (SSSR count). The van der Waals surface area contributed by atoms with Crippen LogP contribution in [0.4, 0.5) is 0 Å². The molecular formula is C4H8ClNO. The molecule has 7 heavy (non-hydrogen) atoms. The third kappa shape index (κ3) is 2.48. The van der Waals surface area contributed by atoms with E-state index in [0.29, 0.717) is 5.70 Å². The molecule has 0 bridgehead atoms. The molecule has 0 aliphatic rings. The van der Waals surface area contributed by atoms with Gasteiger partial charge in [-0.25, -0.2) is 0 Å². The van der Waals surface area contributed by atoms with Crippen LogP contribution in [0.15, 0.2) is 11.2 Å². The van der Waals surface area contributed by atoms with Crippen molar-refractivity contribution in [2.45, 2.75) is 0 Å². The molecule has 0 spiro atoms. The molecule has 0 aromatic heterocycles. The lowest BCUT2D eigenvalue weighted by Crippen LogP contribution is -2.08. The number of hydrogen-bond donors (Lipinski definition) is 2. The van der Waals surface area contributed by atoms with Crippen LogP contribution in [0, 0.1) is 0 Å². The summed E-state index contributed by atoms with van der Waals surface area (Å²) in [6.07, 6.45) is 0. The van der Waals surface area contributed by atoms with E-state index < -0.39 is 0 Å². The topological polar surface area (TPSA) is 32.3 Å². The van der Waals surface area contributed by atoms with Crippen molar-refractivity contribution in [1.29, 1.82) is 0 Å². The molecule has 0 aliphatic carbocycles. The highest BCUT2D eigenvalue weighted by atomic mass is 35.5. The maximum absolute atomic E-state index is 8.31. The highest BCUT2D eigenvalue weighted by Crippen LogP contribution is 1.86. The van der Waals surface area contributed by atoms with Crippen molar-refractivity contribution in [3.63, 3.8) is 0 Å². The van der Waals surface area contributed by atoms with Gasteiger partial charge in [-0.05, 0) is 0 Å². The second kappa shape index (κ2) is 3.96. The largest absolute Gasteiger partial charge is 0.390 e. The second-order valence-electron chi connectivity index (χ2n) is 1.04. The number of hydrogen-bond acceptors (Lipinski definition) is 2. The first-order valence-electron chi connectivity index (χ1n) is 1.93. The summed E-state index contributed by atoms with van der Waals surface area (Å²) >= 11 is 5.18. The van der Waals surface area contributed by atoms with E-state index in [2.05, 4.69) is 5.32 Å². The van der Waals surface area contributed by atoms with Gasteiger partial charge in [0.05, 0.1) is 6.61 Å². The number of aliphatic hydroxyl groups excluding tert-OH is 1. The number of likely N-dealkylation sites (N-methyl/N-ethyl adjacent to an activating group) is 1. The third-order valence-corrected chi connectivity index (χ3v) is 0.887. The Morgan fingerprint density at radius 3 is 2.57 bits per heavy atom. The normalized spacial score (nSPS) is 11.6. The van der Waals surface area contributed by atoms with Crippen molar-refractivity contribution in [3.8, 4) is 0 Å². The maximum Gasteiger partial charge on any atom is 0.0836 e. The van der Waals surface area contributed by atoms with E-state index in [9.17, 15) is 0 Å². The summed E-state index contributed by atoms with van der Waals surface area (Å²) in [6.45, 7) is -0.0278. The van der Waals surface area contributed by atoms with Crippen molar-refractivity contribution < 1.29 is 5.11 Å². The van der Waals surface area contributed by atoms with Gasteiger partial charge < -0.3 is 10.4 Å². The zero-order valence-electron chi connectivity index (χ0n) is 4.11. The van der Waals surface area contributed by atoms with E-state index in [1.807, 2.05) is 0 Å². The molecular weight excluding hydrogens is 114 g/mol. The van der Waals surface area contributed by atoms with E-state index in [1.54, 1.807) is 7.05 Å². The summed E-state index contributed by atoms with van der Waals surface area (Å²) in [4.78, 5) is 0. The quantitative estimate of drug-likeness (QED) is 0.550. The number of halogens is 1. The first-order valence-corrected chi connectivity index (χ1v) is 2.36. The minimum Gasteiger partial charge on any atom is -0.390 e. The predicted molar refractivity (Wildman–Crippen MR) is 30.1 cm³/mol. The Kier molecular flexibility index (Phi) is 3.84. The first-order chi connectivity index (χ1) is 3.35. The Morgan fingerprint density at radius 2 is 2.57 bits per heavy atom. The van der Waals surface area contributed by atoms with Crippen LogP contribution in [0.2, 0.25) is 0 Å². The van der Waals surface area contributed by atoms with E-state index >= 15 is 0 Å². The fraction of sp³-hybridized carbons (Fsp3) is 0.500. The van der Waals surface area contributed by atoms with Crippen LogP contribution >= 0.6 is 11.6 Å². The van der Waals surface area contributed by atoms with Gasteiger partial charge in [-0.3, -0.25) is 0 Å². The average Bonchev–Trinajstić information content (AvgIpc) is 1.72. The van der Waals surface area contributed by atoms with Crippen LogP contribution in [0.5, 0.6) is 0 Å². The molecule has 2 N–H and O–H groups in total. The fourth-order valence-electron chi connectivity index (χ4n) is 0.168. The smallest absolute Gasteiger partial charge is 0.0836 e. The molecule has 0 saturated carbocycles. The van der Waals surface area contributed by atoms with Gasteiger partial charge in [0.1, 0.15) is 0 Å². The molecule has 0 aromatic carbocycles. The molecule has 0 unspecified atom stereocenters. The number of rotatable bonds is 2. The summed E-state index contributed by atoms with van der Waals surface area (Å²) in [5.74, 6) is 0. The van der Waals surface area contributed by atoms with Gasteiger partial charge in [0.25, 0.3) is 0 Å². The summed E-state index contributed by atoms with van der Waals surface area (Å²) in [5, 5.41) is 11.0. The summed E-state index contributed by atoms with van der Waals surface area (Å²) < 4.78 is 0. The molecule has 0 fully saturated rings. The monoisotopic (exact) mass is 121 g/mol. The SMILES string of the molecule is CN/C(=C/Cl)CO. The molecule has 2 nitrogen and oxygen atoms in total. The Balaban J connectivity index is 3.38. The lowest BCUT2D eigenvalue weighted by atomic mass is 10.5. The highest BCUT2D eigenvalue weighted by molar-refractivity contribution is 6.25. The Hall–Kier alpha value is -0.210. The van der Waals surface area contributed by atoms with Crippen LogP contribution in [0.3, 0.4) is 0 Å². The number of aliphatic hydroxyl groups is 1. The molecule has 3 heteroatoms. The molecule has 0 aromatic rings.